The third kappa shape index (κ3) is 4.19. The molecule has 6 nitrogen and oxygen atoms in total. The lowest BCUT2D eigenvalue weighted by atomic mass is 9.80. The van der Waals surface area contributed by atoms with Gasteiger partial charge in [0.2, 0.25) is 0 Å². The van der Waals surface area contributed by atoms with Crippen LogP contribution in [-0.2, 0) is 9.53 Å². The van der Waals surface area contributed by atoms with Crippen LogP contribution in [0.4, 0.5) is 0 Å². The number of methoxy groups -OCH3 is 1. The summed E-state index contributed by atoms with van der Waals surface area (Å²) in [4.78, 5) is 22.8. The number of hydrogen-bond donors (Lipinski definition) is 2. The van der Waals surface area contributed by atoms with Crippen molar-refractivity contribution in [3.63, 3.8) is 0 Å². The summed E-state index contributed by atoms with van der Waals surface area (Å²) in [7, 11) is 1.59. The number of benzene rings is 1. The number of amides is 1. The molecule has 1 aliphatic rings. The first-order chi connectivity index (χ1) is 10.1. The Balaban J connectivity index is 1.85. The number of aliphatic carboxylic acids is 1. The van der Waals surface area contributed by atoms with Crippen LogP contribution in [0.5, 0.6) is 5.75 Å². The van der Waals surface area contributed by atoms with Crippen LogP contribution < -0.4 is 10.1 Å². The van der Waals surface area contributed by atoms with Crippen LogP contribution in [0.15, 0.2) is 24.3 Å². The van der Waals surface area contributed by atoms with Gasteiger partial charge in [0.15, 0.2) is 0 Å². The number of carbonyl (C=O) groups is 2. The van der Waals surface area contributed by atoms with E-state index in [1.807, 2.05) is 0 Å². The summed E-state index contributed by atoms with van der Waals surface area (Å²) in [6.07, 6.45) is 0.982. The quantitative estimate of drug-likeness (QED) is 0.740. The van der Waals surface area contributed by atoms with Crippen LogP contribution in [0.1, 0.15) is 23.2 Å². The first-order valence-corrected chi connectivity index (χ1v) is 6.85. The number of ether oxygens (including phenoxy) is 2. The lowest BCUT2D eigenvalue weighted by Crippen LogP contribution is -2.46. The van der Waals surface area contributed by atoms with Crippen molar-refractivity contribution < 1.29 is 24.2 Å². The zero-order valence-corrected chi connectivity index (χ0v) is 11.9. The molecule has 0 aliphatic heterocycles. The second kappa shape index (κ2) is 7.08. The minimum Gasteiger partial charge on any atom is -0.491 e. The molecule has 0 saturated heterocycles. The maximum atomic E-state index is 12.1. The molecule has 1 aliphatic carbocycles. The van der Waals surface area contributed by atoms with Crippen LogP contribution in [0.3, 0.4) is 0 Å². The first-order valence-electron chi connectivity index (χ1n) is 6.85. The Morgan fingerprint density at radius 2 is 2.10 bits per heavy atom. The Kier molecular flexibility index (Phi) is 5.16. The van der Waals surface area contributed by atoms with Crippen LogP contribution in [0.2, 0.25) is 0 Å². The number of carboxylic acid groups (broad SMARTS) is 1. The normalized spacial score (nSPS) is 20.4. The van der Waals surface area contributed by atoms with Crippen molar-refractivity contribution in [2.75, 3.05) is 20.3 Å². The molecule has 2 rings (SSSR count). The van der Waals surface area contributed by atoms with E-state index >= 15 is 0 Å². The smallest absolute Gasteiger partial charge is 0.306 e. The Bertz CT molecular complexity index is 511. The van der Waals surface area contributed by atoms with Crippen LogP contribution in [0, 0.1) is 5.92 Å². The van der Waals surface area contributed by atoms with E-state index in [0.717, 1.165) is 0 Å². The van der Waals surface area contributed by atoms with Crippen molar-refractivity contribution in [3.05, 3.63) is 29.8 Å². The summed E-state index contributed by atoms with van der Waals surface area (Å²) < 4.78 is 10.3. The molecule has 1 amide bonds. The van der Waals surface area contributed by atoms with E-state index in [9.17, 15) is 9.59 Å². The van der Waals surface area contributed by atoms with Crippen molar-refractivity contribution in [1.82, 2.24) is 5.32 Å². The molecule has 1 fully saturated rings. The molecule has 2 N–H and O–H groups in total. The van der Waals surface area contributed by atoms with Crippen LogP contribution in [0.25, 0.3) is 0 Å². The Morgan fingerprint density at radius 1 is 1.33 bits per heavy atom. The molecule has 0 unspecified atom stereocenters. The molecule has 6 heteroatoms. The molecule has 0 heterocycles. The zero-order valence-electron chi connectivity index (χ0n) is 11.9. The number of rotatable bonds is 7. The second-order valence-electron chi connectivity index (χ2n) is 5.05. The van der Waals surface area contributed by atoms with Crippen molar-refractivity contribution in [2.45, 2.75) is 18.9 Å². The lowest BCUT2D eigenvalue weighted by Gasteiger charge is -2.32. The molecule has 114 valence electrons. The van der Waals surface area contributed by atoms with Gasteiger partial charge in [-0.2, -0.15) is 0 Å². The van der Waals surface area contributed by atoms with Gasteiger partial charge in [0.25, 0.3) is 5.91 Å². The van der Waals surface area contributed by atoms with E-state index in [1.54, 1.807) is 31.4 Å². The Hall–Kier alpha value is -2.08. The average Bonchev–Trinajstić information content (AvgIpc) is 2.42. The molecular weight excluding hydrogens is 274 g/mol. The van der Waals surface area contributed by atoms with Gasteiger partial charge in [-0.25, -0.2) is 0 Å². The fraction of sp³-hybridized carbons (Fsp3) is 0.467. The van der Waals surface area contributed by atoms with Gasteiger partial charge in [0.1, 0.15) is 12.4 Å². The third-order valence-electron chi connectivity index (χ3n) is 3.47. The maximum absolute atomic E-state index is 12.1. The molecule has 0 radical (unpaired) electrons. The van der Waals surface area contributed by atoms with Gasteiger partial charge in [-0.1, -0.05) is 6.07 Å². The molecule has 0 aromatic heterocycles. The molecule has 0 bridgehead atoms. The maximum Gasteiger partial charge on any atom is 0.306 e. The van der Waals surface area contributed by atoms with Gasteiger partial charge >= 0.3 is 5.97 Å². The van der Waals surface area contributed by atoms with Crippen molar-refractivity contribution >= 4 is 11.9 Å². The molecule has 0 spiro atoms. The van der Waals surface area contributed by atoms with Crippen LogP contribution >= 0.6 is 0 Å². The van der Waals surface area contributed by atoms with E-state index in [-0.39, 0.29) is 17.9 Å². The zero-order chi connectivity index (χ0) is 15.2. The SMILES string of the molecule is COCCOc1cccc(C(=O)NC2CC(C(=O)O)C2)c1. The summed E-state index contributed by atoms with van der Waals surface area (Å²) in [6.45, 7) is 0.902. The summed E-state index contributed by atoms with van der Waals surface area (Å²) in [5.41, 5.74) is 0.503. The van der Waals surface area contributed by atoms with Gasteiger partial charge < -0.3 is 19.9 Å². The summed E-state index contributed by atoms with van der Waals surface area (Å²) in [5.74, 6) is -0.731. The number of carbonyl (C=O) groups excluding carboxylic acids is 1. The van der Waals surface area contributed by atoms with Gasteiger partial charge in [-0.05, 0) is 31.0 Å². The van der Waals surface area contributed by atoms with E-state index < -0.39 is 5.97 Å². The molecule has 1 saturated carbocycles. The van der Waals surface area contributed by atoms with Gasteiger partial charge in [0.05, 0.1) is 12.5 Å². The Labute approximate surface area is 123 Å². The largest absolute Gasteiger partial charge is 0.491 e. The third-order valence-corrected chi connectivity index (χ3v) is 3.47. The van der Waals surface area contributed by atoms with Crippen molar-refractivity contribution in [3.8, 4) is 5.75 Å². The van der Waals surface area contributed by atoms with Gasteiger partial charge in [-0.3, -0.25) is 9.59 Å². The monoisotopic (exact) mass is 293 g/mol. The molecule has 0 atom stereocenters. The summed E-state index contributed by atoms with van der Waals surface area (Å²) in [5, 5.41) is 11.6. The van der Waals surface area contributed by atoms with E-state index in [4.69, 9.17) is 14.6 Å². The molecular formula is C15H19NO5. The highest BCUT2D eigenvalue weighted by Gasteiger charge is 2.35. The minimum atomic E-state index is -0.797. The predicted octanol–water partition coefficient (Wildman–Crippen LogP) is 1.30. The topological polar surface area (TPSA) is 84.9 Å². The van der Waals surface area contributed by atoms with E-state index in [2.05, 4.69) is 5.32 Å². The van der Waals surface area contributed by atoms with Gasteiger partial charge in [0, 0.05) is 18.7 Å². The lowest BCUT2D eigenvalue weighted by molar-refractivity contribution is -0.145. The van der Waals surface area contributed by atoms with E-state index in [1.165, 1.54) is 0 Å². The number of carboxylic acids is 1. The summed E-state index contributed by atoms with van der Waals surface area (Å²) in [6, 6.07) is 6.83. The fourth-order valence-corrected chi connectivity index (χ4v) is 2.18. The fourth-order valence-electron chi connectivity index (χ4n) is 2.18. The highest BCUT2D eigenvalue weighted by atomic mass is 16.5. The standard InChI is InChI=1S/C15H19NO5/c1-20-5-6-21-13-4-2-3-10(9-13)14(17)16-12-7-11(8-12)15(18)19/h2-4,9,11-12H,5-8H2,1H3,(H,16,17)(H,18,19). The van der Waals surface area contributed by atoms with Gasteiger partial charge in [-0.15, -0.1) is 0 Å². The van der Waals surface area contributed by atoms with Crippen molar-refractivity contribution in [1.29, 1.82) is 0 Å². The first kappa shape index (κ1) is 15.3. The molecule has 1 aromatic rings. The number of hydrogen-bond acceptors (Lipinski definition) is 4. The van der Waals surface area contributed by atoms with E-state index in [0.29, 0.717) is 37.4 Å². The van der Waals surface area contributed by atoms with Crippen LogP contribution in [-0.4, -0.2) is 43.3 Å². The predicted molar refractivity (Wildman–Crippen MR) is 75.4 cm³/mol. The summed E-state index contributed by atoms with van der Waals surface area (Å²) >= 11 is 0. The minimum absolute atomic E-state index is 0.0586. The van der Waals surface area contributed by atoms with Crippen molar-refractivity contribution in [2.24, 2.45) is 5.92 Å². The number of nitrogens with one attached hydrogen (secondary N) is 1. The average molecular weight is 293 g/mol. The highest BCUT2D eigenvalue weighted by molar-refractivity contribution is 5.95. The molecule has 1 aromatic carbocycles. The Morgan fingerprint density at radius 3 is 2.76 bits per heavy atom. The second-order valence-corrected chi connectivity index (χ2v) is 5.05. The molecule has 21 heavy (non-hydrogen) atoms. The highest BCUT2D eigenvalue weighted by Crippen LogP contribution is 2.27.